The first-order valence-electron chi connectivity index (χ1n) is 9.91. The minimum Gasteiger partial charge on any atom is -0.550 e. The van der Waals surface area contributed by atoms with E-state index in [1.807, 2.05) is 12.1 Å². The quantitative estimate of drug-likeness (QED) is 0.745. The highest BCUT2D eigenvalue weighted by Gasteiger charge is 2.58. The number of aliphatic carboxylic acids is 1. The standard InChI is InChI=1S/C24H27NO3/c1-17-11-12-21-18(16-17)13-14-24(28-21)23(2,3)19-8-4-5-9-20(19)25(24)15-7-6-10-22(26)27/h4-5,8-9,11-14,16H,6-7,10,15H2,1-3H3,(H,26,27)/p-1. The molecule has 28 heavy (non-hydrogen) atoms. The number of nitrogens with zero attached hydrogens (tertiary/aromatic N) is 1. The number of rotatable bonds is 5. The lowest BCUT2D eigenvalue weighted by atomic mass is 9.76. The molecule has 0 fully saturated rings. The summed E-state index contributed by atoms with van der Waals surface area (Å²) in [6.07, 6.45) is 5.78. The molecule has 2 aliphatic rings. The van der Waals surface area contributed by atoms with Crippen molar-refractivity contribution < 1.29 is 14.6 Å². The molecule has 4 heteroatoms. The van der Waals surface area contributed by atoms with Gasteiger partial charge in [0.2, 0.25) is 5.72 Å². The zero-order valence-electron chi connectivity index (χ0n) is 16.7. The molecule has 0 radical (unpaired) electrons. The first kappa shape index (κ1) is 18.6. The van der Waals surface area contributed by atoms with Gasteiger partial charge in [0.25, 0.3) is 0 Å². The number of benzene rings is 2. The Balaban J connectivity index is 1.74. The maximum absolute atomic E-state index is 10.8. The smallest absolute Gasteiger partial charge is 0.212 e. The van der Waals surface area contributed by atoms with Crippen LogP contribution in [-0.4, -0.2) is 18.2 Å². The topological polar surface area (TPSA) is 52.6 Å². The summed E-state index contributed by atoms with van der Waals surface area (Å²) in [4.78, 5) is 13.1. The molecular weight excluding hydrogens is 350 g/mol. The number of para-hydroxylation sites is 1. The van der Waals surface area contributed by atoms with Gasteiger partial charge in [0.1, 0.15) is 5.75 Å². The Morgan fingerprint density at radius 1 is 1.14 bits per heavy atom. The van der Waals surface area contributed by atoms with Crippen LogP contribution in [0.3, 0.4) is 0 Å². The Kier molecular flexibility index (Phi) is 4.45. The van der Waals surface area contributed by atoms with E-state index >= 15 is 0 Å². The van der Waals surface area contributed by atoms with Gasteiger partial charge in [0, 0.05) is 23.8 Å². The van der Waals surface area contributed by atoms with Gasteiger partial charge in [0.05, 0.1) is 5.41 Å². The van der Waals surface area contributed by atoms with Crippen molar-refractivity contribution in [3.05, 3.63) is 65.2 Å². The summed E-state index contributed by atoms with van der Waals surface area (Å²) < 4.78 is 6.73. The fraction of sp³-hybridized carbons (Fsp3) is 0.375. The zero-order chi connectivity index (χ0) is 19.9. The Bertz CT molecular complexity index is 947. The summed E-state index contributed by atoms with van der Waals surface area (Å²) >= 11 is 0. The fourth-order valence-corrected chi connectivity index (χ4v) is 4.55. The van der Waals surface area contributed by atoms with Gasteiger partial charge in [-0.1, -0.05) is 29.8 Å². The van der Waals surface area contributed by atoms with Gasteiger partial charge < -0.3 is 19.5 Å². The molecular formula is C24H26NO3-. The lowest BCUT2D eigenvalue weighted by Gasteiger charge is -2.47. The van der Waals surface area contributed by atoms with Gasteiger partial charge in [-0.05, 0) is 75.9 Å². The van der Waals surface area contributed by atoms with Gasteiger partial charge in [-0.25, -0.2) is 0 Å². The van der Waals surface area contributed by atoms with Crippen LogP contribution in [0.25, 0.3) is 6.08 Å². The number of hydrogen-bond acceptors (Lipinski definition) is 4. The lowest BCUT2D eigenvalue weighted by Crippen LogP contribution is -2.59. The summed E-state index contributed by atoms with van der Waals surface area (Å²) in [6.45, 7) is 7.24. The van der Waals surface area contributed by atoms with Crippen LogP contribution in [0.2, 0.25) is 0 Å². The molecule has 0 aromatic heterocycles. The normalized spacial score (nSPS) is 21.3. The predicted molar refractivity (Wildman–Crippen MR) is 109 cm³/mol. The second-order valence-corrected chi connectivity index (χ2v) is 8.30. The van der Waals surface area contributed by atoms with Gasteiger partial charge in [0.15, 0.2) is 0 Å². The van der Waals surface area contributed by atoms with Crippen molar-refractivity contribution in [1.29, 1.82) is 0 Å². The van der Waals surface area contributed by atoms with Gasteiger partial charge in [-0.2, -0.15) is 0 Å². The van der Waals surface area contributed by atoms with Crippen molar-refractivity contribution in [2.24, 2.45) is 0 Å². The van der Waals surface area contributed by atoms with Crippen molar-refractivity contribution in [2.45, 2.75) is 51.2 Å². The minimum absolute atomic E-state index is 0.0880. The summed E-state index contributed by atoms with van der Waals surface area (Å²) in [5.41, 5.74) is 3.79. The summed E-state index contributed by atoms with van der Waals surface area (Å²) in [6, 6.07) is 14.7. The van der Waals surface area contributed by atoms with E-state index in [1.54, 1.807) is 0 Å². The number of hydrogen-bond donors (Lipinski definition) is 0. The molecule has 0 saturated heterocycles. The van der Waals surface area contributed by atoms with Gasteiger partial charge >= 0.3 is 0 Å². The summed E-state index contributed by atoms with van der Waals surface area (Å²) in [7, 11) is 0. The Labute approximate surface area is 166 Å². The highest BCUT2D eigenvalue weighted by Crippen LogP contribution is 2.54. The van der Waals surface area contributed by atoms with Crippen LogP contribution >= 0.6 is 0 Å². The SMILES string of the molecule is Cc1ccc2c(c1)C=CC1(O2)N(CCCCC(=O)[O-])c2ccccc2C1(C)C. The molecule has 0 bridgehead atoms. The average Bonchev–Trinajstić information content (AvgIpc) is 2.84. The molecule has 2 heterocycles. The van der Waals surface area contributed by atoms with Crippen LogP contribution in [0.4, 0.5) is 5.69 Å². The second-order valence-electron chi connectivity index (χ2n) is 8.30. The number of unbranched alkanes of at least 4 members (excludes halogenated alkanes) is 1. The Hall–Kier alpha value is -2.75. The Morgan fingerprint density at radius 3 is 2.71 bits per heavy atom. The van der Waals surface area contributed by atoms with Gasteiger partial charge in [-0.15, -0.1) is 0 Å². The maximum atomic E-state index is 10.8. The third-order valence-electron chi connectivity index (χ3n) is 6.10. The first-order valence-corrected chi connectivity index (χ1v) is 9.91. The van der Waals surface area contributed by atoms with Crippen molar-refractivity contribution in [2.75, 3.05) is 11.4 Å². The van der Waals surface area contributed by atoms with E-state index in [0.29, 0.717) is 6.42 Å². The van der Waals surface area contributed by atoms with E-state index in [-0.39, 0.29) is 11.8 Å². The highest BCUT2D eigenvalue weighted by atomic mass is 16.5. The average molecular weight is 376 g/mol. The number of anilines is 1. The van der Waals surface area contributed by atoms with Crippen molar-refractivity contribution in [3.63, 3.8) is 0 Å². The van der Waals surface area contributed by atoms with Crippen LogP contribution in [0, 0.1) is 6.92 Å². The minimum atomic E-state index is -0.991. The van der Waals surface area contributed by atoms with Crippen LogP contribution in [0.15, 0.2) is 48.5 Å². The van der Waals surface area contributed by atoms with Crippen molar-refractivity contribution in [1.82, 2.24) is 0 Å². The summed E-state index contributed by atoms with van der Waals surface area (Å²) in [5.74, 6) is -0.108. The molecule has 4 rings (SSSR count). The van der Waals surface area contributed by atoms with Crippen LogP contribution < -0.4 is 14.7 Å². The maximum Gasteiger partial charge on any atom is 0.212 e. The molecule has 1 atom stereocenters. The molecule has 2 aliphatic heterocycles. The van der Waals surface area contributed by atoms with E-state index in [1.165, 1.54) is 11.1 Å². The molecule has 4 nitrogen and oxygen atoms in total. The van der Waals surface area contributed by atoms with E-state index in [2.05, 4.69) is 68.2 Å². The third-order valence-corrected chi connectivity index (χ3v) is 6.10. The van der Waals surface area contributed by atoms with Crippen LogP contribution in [0.1, 0.15) is 49.8 Å². The molecule has 2 aromatic rings. The zero-order valence-corrected chi connectivity index (χ0v) is 16.7. The molecule has 0 saturated carbocycles. The number of carbonyl (C=O) groups is 1. The highest BCUT2D eigenvalue weighted by molar-refractivity contribution is 5.72. The molecule has 0 N–H and O–H groups in total. The number of fused-ring (bicyclic) bond motifs is 2. The van der Waals surface area contributed by atoms with Gasteiger partial charge in [-0.3, -0.25) is 0 Å². The number of carbonyl (C=O) groups excluding carboxylic acids is 1. The predicted octanol–water partition coefficient (Wildman–Crippen LogP) is 3.81. The fourth-order valence-electron chi connectivity index (χ4n) is 4.55. The van der Waals surface area contributed by atoms with E-state index in [0.717, 1.165) is 30.0 Å². The molecule has 146 valence electrons. The number of carboxylic acid groups (broad SMARTS) is 1. The molecule has 0 aliphatic carbocycles. The molecule has 0 amide bonds. The van der Waals surface area contributed by atoms with Crippen molar-refractivity contribution >= 4 is 17.7 Å². The number of aryl methyl sites for hydroxylation is 1. The monoisotopic (exact) mass is 376 g/mol. The van der Waals surface area contributed by atoms with E-state index < -0.39 is 11.7 Å². The second kappa shape index (κ2) is 6.69. The lowest BCUT2D eigenvalue weighted by molar-refractivity contribution is -0.305. The van der Waals surface area contributed by atoms with E-state index in [9.17, 15) is 9.90 Å². The van der Waals surface area contributed by atoms with E-state index in [4.69, 9.17) is 4.74 Å². The van der Waals surface area contributed by atoms with Crippen molar-refractivity contribution in [3.8, 4) is 5.75 Å². The third kappa shape index (κ3) is 2.79. The first-order chi connectivity index (χ1) is 13.3. The number of carboxylic acids is 1. The largest absolute Gasteiger partial charge is 0.550 e. The van der Waals surface area contributed by atoms with Crippen LogP contribution in [0.5, 0.6) is 5.75 Å². The molecule has 1 spiro atoms. The molecule has 2 aromatic carbocycles. The summed E-state index contributed by atoms with van der Waals surface area (Å²) in [5, 5.41) is 10.8. The number of ether oxygens (including phenoxy) is 1. The molecule has 1 unspecified atom stereocenters. The Morgan fingerprint density at radius 2 is 1.93 bits per heavy atom. The van der Waals surface area contributed by atoms with Crippen LogP contribution in [-0.2, 0) is 10.2 Å².